The van der Waals surface area contributed by atoms with E-state index in [1.807, 2.05) is 12.1 Å². The molecule has 2 aromatic heterocycles. The van der Waals surface area contributed by atoms with E-state index in [-0.39, 0.29) is 6.04 Å². The Hall–Kier alpha value is -0.610. The lowest BCUT2D eigenvalue weighted by molar-refractivity contribution is 0.536. The van der Waals surface area contributed by atoms with Crippen LogP contribution in [0.5, 0.6) is 0 Å². The van der Waals surface area contributed by atoms with Crippen molar-refractivity contribution < 1.29 is 0 Å². The van der Waals surface area contributed by atoms with E-state index in [1.54, 1.807) is 23.7 Å². The molecule has 1 unspecified atom stereocenters. The smallest absolute Gasteiger partial charge is 0.0931 e. The summed E-state index contributed by atoms with van der Waals surface area (Å²) in [5.74, 6) is 0. The van der Waals surface area contributed by atoms with Gasteiger partial charge in [0.15, 0.2) is 0 Å². The Bertz CT molecular complexity index is 528. The molecule has 0 spiro atoms. The third kappa shape index (κ3) is 4.18. The Kier molecular flexibility index (Phi) is 5.64. The lowest BCUT2D eigenvalue weighted by Gasteiger charge is -2.17. The molecule has 5 heteroatoms. The average molecular weight is 315 g/mol. The molecular formula is C14H16Cl2N2S. The maximum Gasteiger partial charge on any atom is 0.0931 e. The van der Waals surface area contributed by atoms with Gasteiger partial charge in [-0.3, -0.25) is 4.98 Å². The zero-order chi connectivity index (χ0) is 13.7. The molecule has 0 saturated heterocycles. The quantitative estimate of drug-likeness (QED) is 0.833. The first-order valence-electron chi connectivity index (χ1n) is 6.27. The van der Waals surface area contributed by atoms with Gasteiger partial charge < -0.3 is 5.32 Å². The summed E-state index contributed by atoms with van der Waals surface area (Å²) >= 11 is 13.8. The van der Waals surface area contributed by atoms with Gasteiger partial charge in [-0.25, -0.2) is 0 Å². The number of hydrogen-bond acceptors (Lipinski definition) is 3. The fourth-order valence-corrected chi connectivity index (χ4v) is 3.23. The second-order valence-electron chi connectivity index (χ2n) is 4.32. The first-order chi connectivity index (χ1) is 9.20. The van der Waals surface area contributed by atoms with Gasteiger partial charge in [0.1, 0.15) is 0 Å². The van der Waals surface area contributed by atoms with Crippen molar-refractivity contribution in [3.63, 3.8) is 0 Å². The van der Waals surface area contributed by atoms with Crippen LogP contribution < -0.4 is 5.32 Å². The van der Waals surface area contributed by atoms with E-state index >= 15 is 0 Å². The van der Waals surface area contributed by atoms with E-state index < -0.39 is 0 Å². The normalized spacial score (nSPS) is 12.6. The number of rotatable bonds is 6. The number of halogens is 2. The lowest BCUT2D eigenvalue weighted by atomic mass is 10.1. The Balaban J connectivity index is 2.16. The van der Waals surface area contributed by atoms with E-state index in [9.17, 15) is 0 Å². The fourth-order valence-electron chi connectivity index (χ4n) is 1.90. The van der Waals surface area contributed by atoms with Gasteiger partial charge in [-0.1, -0.05) is 30.1 Å². The topological polar surface area (TPSA) is 24.9 Å². The van der Waals surface area contributed by atoms with E-state index in [1.165, 1.54) is 4.88 Å². The van der Waals surface area contributed by atoms with Crippen molar-refractivity contribution in [2.75, 3.05) is 6.54 Å². The summed E-state index contributed by atoms with van der Waals surface area (Å²) < 4.78 is 0.819. The molecule has 102 valence electrons. The molecule has 0 aliphatic rings. The van der Waals surface area contributed by atoms with Gasteiger partial charge in [0.2, 0.25) is 0 Å². The first-order valence-corrected chi connectivity index (χ1v) is 7.85. The van der Waals surface area contributed by atoms with Gasteiger partial charge in [-0.15, -0.1) is 11.3 Å². The third-order valence-corrected chi connectivity index (χ3v) is 4.54. The van der Waals surface area contributed by atoms with Crippen molar-refractivity contribution >= 4 is 34.5 Å². The molecule has 0 saturated carbocycles. The highest BCUT2D eigenvalue weighted by Gasteiger charge is 2.15. The summed E-state index contributed by atoms with van der Waals surface area (Å²) in [5.41, 5.74) is 1.11. The van der Waals surface area contributed by atoms with Crippen molar-refractivity contribution in [1.29, 1.82) is 0 Å². The maximum atomic E-state index is 6.18. The summed E-state index contributed by atoms with van der Waals surface area (Å²) in [5, 5.41) is 4.26. The van der Waals surface area contributed by atoms with Gasteiger partial charge in [0, 0.05) is 23.3 Å². The van der Waals surface area contributed by atoms with Gasteiger partial charge in [0.25, 0.3) is 0 Å². The third-order valence-electron chi connectivity index (χ3n) is 2.86. The highest BCUT2D eigenvalue weighted by molar-refractivity contribution is 7.16. The van der Waals surface area contributed by atoms with Gasteiger partial charge in [-0.2, -0.15) is 0 Å². The minimum atomic E-state index is 0.248. The van der Waals surface area contributed by atoms with E-state index in [0.717, 1.165) is 29.3 Å². The molecule has 2 aromatic rings. The SMILES string of the molecule is CCCNC(Cc1ccncc1Cl)c1ccc(Cl)s1. The largest absolute Gasteiger partial charge is 0.309 e. The standard InChI is InChI=1S/C14H16Cl2N2S/c1-2-6-18-12(13-3-4-14(16)19-13)8-10-5-7-17-9-11(10)15/h3-5,7,9,12,18H,2,6,8H2,1H3. The van der Waals surface area contributed by atoms with Gasteiger partial charge in [0.05, 0.1) is 9.36 Å². The molecule has 2 rings (SSSR count). The number of nitrogens with zero attached hydrogens (tertiary/aromatic N) is 1. The summed E-state index contributed by atoms with van der Waals surface area (Å²) in [7, 11) is 0. The predicted molar refractivity (Wildman–Crippen MR) is 83.3 cm³/mol. The summed E-state index contributed by atoms with van der Waals surface area (Å²) in [6.07, 6.45) is 5.41. The van der Waals surface area contributed by atoms with Crippen LogP contribution in [-0.2, 0) is 6.42 Å². The molecule has 2 heterocycles. The van der Waals surface area contributed by atoms with Crippen LogP contribution in [0.3, 0.4) is 0 Å². The maximum absolute atomic E-state index is 6.18. The highest BCUT2D eigenvalue weighted by atomic mass is 35.5. The van der Waals surface area contributed by atoms with Crippen LogP contribution in [0, 0.1) is 0 Å². The average Bonchev–Trinajstić information content (AvgIpc) is 2.83. The molecule has 0 aromatic carbocycles. The van der Waals surface area contributed by atoms with Crippen molar-refractivity contribution in [3.8, 4) is 0 Å². The molecule has 1 N–H and O–H groups in total. The zero-order valence-corrected chi connectivity index (χ0v) is 13.0. The van der Waals surface area contributed by atoms with Crippen molar-refractivity contribution in [2.24, 2.45) is 0 Å². The molecule has 0 radical (unpaired) electrons. The lowest BCUT2D eigenvalue weighted by Crippen LogP contribution is -2.23. The number of aromatic nitrogens is 1. The first kappa shape index (κ1) is 14.8. The van der Waals surface area contributed by atoms with Crippen LogP contribution in [0.25, 0.3) is 0 Å². The molecule has 19 heavy (non-hydrogen) atoms. The van der Waals surface area contributed by atoms with E-state index in [2.05, 4.69) is 23.3 Å². The number of nitrogens with one attached hydrogen (secondary N) is 1. The van der Waals surface area contributed by atoms with Crippen LogP contribution in [-0.4, -0.2) is 11.5 Å². The minimum Gasteiger partial charge on any atom is -0.309 e. The van der Waals surface area contributed by atoms with Crippen molar-refractivity contribution in [3.05, 3.63) is 50.4 Å². The van der Waals surface area contributed by atoms with E-state index in [4.69, 9.17) is 23.2 Å². The number of hydrogen-bond donors (Lipinski definition) is 1. The molecule has 1 atom stereocenters. The Morgan fingerprint density at radius 2 is 2.16 bits per heavy atom. The summed E-state index contributed by atoms with van der Waals surface area (Å²) in [4.78, 5) is 5.26. The molecular weight excluding hydrogens is 299 g/mol. The van der Waals surface area contributed by atoms with Crippen LogP contribution in [0.15, 0.2) is 30.6 Å². The van der Waals surface area contributed by atoms with Crippen LogP contribution in [0.2, 0.25) is 9.36 Å². The number of pyridine rings is 1. The van der Waals surface area contributed by atoms with Crippen LogP contribution in [0.4, 0.5) is 0 Å². The van der Waals surface area contributed by atoms with Crippen LogP contribution >= 0.6 is 34.5 Å². The molecule has 0 amide bonds. The molecule has 0 aliphatic heterocycles. The van der Waals surface area contributed by atoms with Gasteiger partial charge in [-0.05, 0) is 43.1 Å². The molecule has 2 nitrogen and oxygen atoms in total. The molecule has 0 fully saturated rings. The Morgan fingerprint density at radius 3 is 2.79 bits per heavy atom. The van der Waals surface area contributed by atoms with Crippen molar-refractivity contribution in [1.82, 2.24) is 10.3 Å². The van der Waals surface area contributed by atoms with Crippen molar-refractivity contribution in [2.45, 2.75) is 25.8 Å². The predicted octanol–water partition coefficient (Wildman–Crippen LogP) is 4.73. The second kappa shape index (κ2) is 7.25. The monoisotopic (exact) mass is 314 g/mol. The summed E-state index contributed by atoms with van der Waals surface area (Å²) in [6, 6.07) is 6.24. The Morgan fingerprint density at radius 1 is 1.32 bits per heavy atom. The molecule has 0 aliphatic carbocycles. The van der Waals surface area contributed by atoms with E-state index in [0.29, 0.717) is 5.02 Å². The van der Waals surface area contributed by atoms with Gasteiger partial charge >= 0.3 is 0 Å². The zero-order valence-electron chi connectivity index (χ0n) is 10.7. The summed E-state index contributed by atoms with van der Waals surface area (Å²) in [6.45, 7) is 3.13. The molecule has 0 bridgehead atoms. The highest BCUT2D eigenvalue weighted by Crippen LogP contribution is 2.30. The fraction of sp³-hybridized carbons (Fsp3) is 0.357. The second-order valence-corrected chi connectivity index (χ2v) is 6.47. The Labute approximate surface area is 127 Å². The van der Waals surface area contributed by atoms with Crippen LogP contribution in [0.1, 0.15) is 29.8 Å². The number of thiophene rings is 1. The minimum absolute atomic E-state index is 0.248.